The highest BCUT2D eigenvalue weighted by atomic mass is 32.2. The molecule has 2 aromatic rings. The fourth-order valence-electron chi connectivity index (χ4n) is 2.30. The first-order chi connectivity index (χ1) is 12.5. The molecule has 1 heterocycles. The van der Waals surface area contributed by atoms with E-state index in [4.69, 9.17) is 14.2 Å². The minimum Gasteiger partial charge on any atom is -0.494 e. The van der Waals surface area contributed by atoms with Gasteiger partial charge in [0.15, 0.2) is 11.5 Å². The van der Waals surface area contributed by atoms with Crippen LogP contribution in [0.1, 0.15) is 17.3 Å². The normalized spacial score (nSPS) is 13.1. The van der Waals surface area contributed by atoms with E-state index in [-0.39, 0.29) is 4.90 Å². The van der Waals surface area contributed by atoms with Crippen LogP contribution in [-0.2, 0) is 10.0 Å². The molecule has 2 N–H and O–H groups in total. The molecular formula is C17H18N2O6S. The van der Waals surface area contributed by atoms with Crippen LogP contribution in [0, 0.1) is 0 Å². The van der Waals surface area contributed by atoms with E-state index in [1.807, 2.05) is 6.92 Å². The molecule has 1 aliphatic rings. The van der Waals surface area contributed by atoms with Gasteiger partial charge in [-0.05, 0) is 43.3 Å². The van der Waals surface area contributed by atoms with Gasteiger partial charge in [0.2, 0.25) is 0 Å². The smallest absolute Gasteiger partial charge is 0.266 e. The van der Waals surface area contributed by atoms with Gasteiger partial charge in [0.05, 0.1) is 11.5 Å². The summed E-state index contributed by atoms with van der Waals surface area (Å²) in [6.07, 6.45) is 0. The van der Waals surface area contributed by atoms with Crippen LogP contribution in [0.15, 0.2) is 47.4 Å². The molecule has 138 valence electrons. The van der Waals surface area contributed by atoms with Gasteiger partial charge in [-0.1, -0.05) is 0 Å². The van der Waals surface area contributed by atoms with Gasteiger partial charge in [0.25, 0.3) is 15.9 Å². The van der Waals surface area contributed by atoms with Crippen LogP contribution in [0.4, 0.5) is 0 Å². The van der Waals surface area contributed by atoms with E-state index in [1.54, 1.807) is 24.3 Å². The minimum atomic E-state index is -3.96. The molecule has 26 heavy (non-hydrogen) atoms. The zero-order valence-corrected chi connectivity index (χ0v) is 14.8. The first-order valence-corrected chi connectivity index (χ1v) is 9.42. The average molecular weight is 378 g/mol. The third-order valence-corrected chi connectivity index (χ3v) is 4.80. The summed E-state index contributed by atoms with van der Waals surface area (Å²) in [6, 6.07) is 10.6. The van der Waals surface area contributed by atoms with Crippen LogP contribution in [-0.4, -0.2) is 34.1 Å². The van der Waals surface area contributed by atoms with Crippen LogP contribution in [0.2, 0.25) is 0 Å². The number of ether oxygens (including phenoxy) is 3. The van der Waals surface area contributed by atoms with Gasteiger partial charge in [-0.15, -0.1) is 4.83 Å². The maximum absolute atomic E-state index is 12.4. The SMILES string of the molecule is CCOc1ccc(C(=O)NNS(=O)(=O)c2ccc3c(c2)OCCO3)cc1. The Kier molecular flexibility index (Phi) is 5.29. The number of carbonyl (C=O) groups is 1. The van der Waals surface area contributed by atoms with Crippen molar-refractivity contribution in [1.82, 2.24) is 10.3 Å². The number of fused-ring (bicyclic) bond motifs is 1. The Morgan fingerprint density at radius 1 is 1.08 bits per heavy atom. The molecule has 0 unspecified atom stereocenters. The van der Waals surface area contributed by atoms with Gasteiger partial charge >= 0.3 is 0 Å². The predicted octanol–water partition coefficient (Wildman–Crippen LogP) is 1.48. The lowest BCUT2D eigenvalue weighted by atomic mass is 10.2. The molecule has 0 spiro atoms. The van der Waals surface area contributed by atoms with E-state index in [9.17, 15) is 13.2 Å². The number of amides is 1. The fraction of sp³-hybridized carbons (Fsp3) is 0.235. The van der Waals surface area contributed by atoms with Crippen molar-refractivity contribution in [2.75, 3.05) is 19.8 Å². The maximum atomic E-state index is 12.4. The number of rotatable bonds is 6. The third kappa shape index (κ3) is 4.06. The van der Waals surface area contributed by atoms with Crippen LogP contribution in [0.3, 0.4) is 0 Å². The van der Waals surface area contributed by atoms with Crippen molar-refractivity contribution in [3.63, 3.8) is 0 Å². The Morgan fingerprint density at radius 3 is 2.46 bits per heavy atom. The van der Waals surface area contributed by atoms with Crippen LogP contribution >= 0.6 is 0 Å². The molecule has 0 aromatic heterocycles. The van der Waals surface area contributed by atoms with Crippen LogP contribution < -0.4 is 24.5 Å². The van der Waals surface area contributed by atoms with Crippen molar-refractivity contribution in [2.45, 2.75) is 11.8 Å². The van der Waals surface area contributed by atoms with Crippen molar-refractivity contribution in [2.24, 2.45) is 0 Å². The first-order valence-electron chi connectivity index (χ1n) is 7.94. The third-order valence-electron chi connectivity index (χ3n) is 3.55. The molecule has 0 radical (unpaired) electrons. The highest BCUT2D eigenvalue weighted by Crippen LogP contribution is 2.32. The number of hydrogen-bond donors (Lipinski definition) is 2. The highest BCUT2D eigenvalue weighted by Gasteiger charge is 2.20. The zero-order chi connectivity index (χ0) is 18.6. The fourth-order valence-corrected chi connectivity index (χ4v) is 3.16. The highest BCUT2D eigenvalue weighted by molar-refractivity contribution is 7.89. The molecule has 0 atom stereocenters. The molecule has 3 rings (SSSR count). The van der Waals surface area contributed by atoms with E-state index in [0.29, 0.717) is 42.6 Å². The summed E-state index contributed by atoms with van der Waals surface area (Å²) in [5, 5.41) is 0. The lowest BCUT2D eigenvalue weighted by molar-refractivity contribution is 0.0945. The Balaban J connectivity index is 1.67. The van der Waals surface area contributed by atoms with Crippen molar-refractivity contribution < 1.29 is 27.4 Å². The molecule has 0 saturated carbocycles. The molecule has 0 bridgehead atoms. The standard InChI is InChI=1S/C17H18N2O6S/c1-2-23-13-5-3-12(4-6-13)17(20)18-19-26(21,22)14-7-8-15-16(11-14)25-10-9-24-15/h3-8,11,19H,2,9-10H2,1H3,(H,18,20). The molecule has 0 aliphatic carbocycles. The second kappa shape index (κ2) is 7.63. The zero-order valence-electron chi connectivity index (χ0n) is 14.0. The summed E-state index contributed by atoms with van der Waals surface area (Å²) in [4.78, 5) is 14.1. The second-order valence-electron chi connectivity index (χ2n) is 5.32. The quantitative estimate of drug-likeness (QED) is 0.738. The summed E-state index contributed by atoms with van der Waals surface area (Å²) in [5.41, 5.74) is 2.47. The Hall–Kier alpha value is -2.78. The second-order valence-corrected chi connectivity index (χ2v) is 7.00. The number of sulfonamides is 1. The maximum Gasteiger partial charge on any atom is 0.266 e. The molecule has 8 nitrogen and oxygen atoms in total. The molecule has 1 amide bonds. The first kappa shape index (κ1) is 18.0. The van der Waals surface area contributed by atoms with E-state index in [1.165, 1.54) is 18.2 Å². The predicted molar refractivity (Wildman–Crippen MR) is 92.8 cm³/mol. The summed E-state index contributed by atoms with van der Waals surface area (Å²) in [7, 11) is -3.96. The van der Waals surface area contributed by atoms with Gasteiger partial charge < -0.3 is 14.2 Å². The Morgan fingerprint density at radius 2 is 1.77 bits per heavy atom. The summed E-state index contributed by atoms with van der Waals surface area (Å²) >= 11 is 0. The average Bonchev–Trinajstić information content (AvgIpc) is 2.66. The Bertz CT molecular complexity index is 896. The van der Waals surface area contributed by atoms with E-state index in [0.717, 1.165) is 0 Å². The van der Waals surface area contributed by atoms with E-state index < -0.39 is 15.9 Å². The van der Waals surface area contributed by atoms with Crippen LogP contribution in [0.25, 0.3) is 0 Å². The largest absolute Gasteiger partial charge is 0.494 e. The lowest BCUT2D eigenvalue weighted by Crippen LogP contribution is -2.41. The van der Waals surface area contributed by atoms with Crippen molar-refractivity contribution >= 4 is 15.9 Å². The van der Waals surface area contributed by atoms with Crippen molar-refractivity contribution in [1.29, 1.82) is 0 Å². The molecule has 9 heteroatoms. The number of benzene rings is 2. The minimum absolute atomic E-state index is 0.0475. The van der Waals surface area contributed by atoms with Gasteiger partial charge in [0, 0.05) is 11.6 Å². The van der Waals surface area contributed by atoms with E-state index >= 15 is 0 Å². The molecule has 0 saturated heterocycles. The van der Waals surface area contributed by atoms with E-state index in [2.05, 4.69) is 10.3 Å². The van der Waals surface area contributed by atoms with Crippen LogP contribution in [0.5, 0.6) is 17.2 Å². The summed E-state index contributed by atoms with van der Waals surface area (Å²) in [5.74, 6) is 0.862. The lowest BCUT2D eigenvalue weighted by Gasteiger charge is -2.19. The van der Waals surface area contributed by atoms with Crippen molar-refractivity contribution in [3.8, 4) is 17.2 Å². The van der Waals surface area contributed by atoms with Gasteiger partial charge in [-0.3, -0.25) is 10.2 Å². The molecule has 0 fully saturated rings. The summed E-state index contributed by atoms with van der Waals surface area (Å²) < 4.78 is 40.7. The Labute approximate surface area is 151 Å². The monoisotopic (exact) mass is 378 g/mol. The molecule has 2 aromatic carbocycles. The summed E-state index contributed by atoms with van der Waals surface area (Å²) in [6.45, 7) is 3.13. The van der Waals surface area contributed by atoms with Gasteiger partial charge in [-0.25, -0.2) is 8.42 Å². The topological polar surface area (TPSA) is 103 Å². The number of nitrogens with one attached hydrogen (secondary N) is 2. The molecular weight excluding hydrogens is 360 g/mol. The van der Waals surface area contributed by atoms with Gasteiger partial charge in [0.1, 0.15) is 19.0 Å². The van der Waals surface area contributed by atoms with Gasteiger partial charge in [-0.2, -0.15) is 0 Å². The molecule has 1 aliphatic heterocycles. The van der Waals surface area contributed by atoms with Crippen molar-refractivity contribution in [3.05, 3.63) is 48.0 Å². The number of carbonyl (C=O) groups excluding carboxylic acids is 1. The number of hydrazine groups is 1. The number of hydrogen-bond acceptors (Lipinski definition) is 6.